The number of guanidine groups is 1. The Balaban J connectivity index is 0.00000288. The minimum absolute atomic E-state index is 0. The average Bonchev–Trinajstić information content (AvgIpc) is 3.23. The van der Waals surface area contributed by atoms with Crippen LogP contribution >= 0.6 is 24.0 Å². The van der Waals surface area contributed by atoms with E-state index in [4.69, 9.17) is 9.73 Å². The Kier molecular flexibility index (Phi) is 12.0. The molecule has 1 saturated heterocycles. The van der Waals surface area contributed by atoms with Gasteiger partial charge in [0.2, 0.25) is 0 Å². The first-order valence-corrected chi connectivity index (χ1v) is 9.67. The molecule has 2 N–H and O–H groups in total. The van der Waals surface area contributed by atoms with Crippen LogP contribution in [0.3, 0.4) is 0 Å². The maximum absolute atomic E-state index is 5.68. The van der Waals surface area contributed by atoms with E-state index in [0.29, 0.717) is 6.04 Å². The zero-order chi connectivity index (χ0) is 16.3. The average molecular weight is 452 g/mol. The Morgan fingerprint density at radius 2 is 1.96 bits per heavy atom. The maximum Gasteiger partial charge on any atom is 0.191 e. The number of halogens is 1. The highest BCUT2D eigenvalue weighted by molar-refractivity contribution is 14.0. The third-order valence-corrected chi connectivity index (χ3v) is 4.74. The van der Waals surface area contributed by atoms with Gasteiger partial charge in [-0.05, 0) is 64.5 Å². The summed E-state index contributed by atoms with van der Waals surface area (Å²) in [5.41, 5.74) is 0. The lowest BCUT2D eigenvalue weighted by Crippen LogP contribution is -2.40. The lowest BCUT2D eigenvalue weighted by Gasteiger charge is -2.25. The van der Waals surface area contributed by atoms with E-state index < -0.39 is 0 Å². The number of nitrogens with one attached hydrogen (secondary N) is 2. The van der Waals surface area contributed by atoms with Crippen molar-refractivity contribution in [3.8, 4) is 0 Å². The van der Waals surface area contributed by atoms with Crippen LogP contribution in [0.4, 0.5) is 0 Å². The summed E-state index contributed by atoms with van der Waals surface area (Å²) in [4.78, 5) is 7.39. The summed E-state index contributed by atoms with van der Waals surface area (Å²) in [6, 6.07) is 0.592. The fourth-order valence-corrected chi connectivity index (χ4v) is 3.06. The van der Waals surface area contributed by atoms with Crippen molar-refractivity contribution in [2.45, 2.75) is 58.4 Å². The molecule has 0 bridgehead atoms. The molecule has 0 radical (unpaired) electrons. The summed E-state index contributed by atoms with van der Waals surface area (Å²) in [5, 5.41) is 6.79. The summed E-state index contributed by atoms with van der Waals surface area (Å²) in [5.74, 6) is 1.81. The van der Waals surface area contributed by atoms with Gasteiger partial charge in [-0.25, -0.2) is 0 Å². The van der Waals surface area contributed by atoms with Crippen molar-refractivity contribution < 1.29 is 4.74 Å². The highest BCUT2D eigenvalue weighted by Crippen LogP contribution is 2.28. The molecule has 2 fully saturated rings. The van der Waals surface area contributed by atoms with Crippen molar-refractivity contribution in [1.29, 1.82) is 0 Å². The van der Waals surface area contributed by atoms with E-state index in [1.54, 1.807) is 0 Å². The third-order valence-electron chi connectivity index (χ3n) is 4.74. The van der Waals surface area contributed by atoms with Crippen LogP contribution in [-0.2, 0) is 4.74 Å². The first-order chi connectivity index (χ1) is 11.3. The smallest absolute Gasteiger partial charge is 0.191 e. The van der Waals surface area contributed by atoms with E-state index >= 15 is 0 Å². The van der Waals surface area contributed by atoms with Crippen molar-refractivity contribution >= 4 is 29.9 Å². The van der Waals surface area contributed by atoms with Crippen LogP contribution in [0.2, 0.25) is 0 Å². The van der Waals surface area contributed by atoms with Crippen LogP contribution in [-0.4, -0.2) is 62.8 Å². The number of ether oxygens (including phenoxy) is 1. The predicted octanol–water partition coefficient (Wildman–Crippen LogP) is 2.85. The summed E-state index contributed by atoms with van der Waals surface area (Å²) in [7, 11) is 0. The van der Waals surface area contributed by atoms with Crippen LogP contribution < -0.4 is 10.6 Å². The van der Waals surface area contributed by atoms with E-state index in [2.05, 4.69) is 29.4 Å². The number of hydrogen-bond acceptors (Lipinski definition) is 3. The molecule has 2 aliphatic rings. The van der Waals surface area contributed by atoms with Crippen molar-refractivity contribution in [3.05, 3.63) is 0 Å². The largest absolute Gasteiger partial charge is 0.381 e. The Morgan fingerprint density at radius 3 is 2.58 bits per heavy atom. The van der Waals surface area contributed by atoms with Crippen molar-refractivity contribution in [2.24, 2.45) is 10.9 Å². The van der Waals surface area contributed by atoms with Gasteiger partial charge < -0.3 is 15.4 Å². The summed E-state index contributed by atoms with van der Waals surface area (Å²) in [6.07, 6.45) is 7.65. The van der Waals surface area contributed by atoms with Crippen molar-refractivity contribution in [1.82, 2.24) is 15.5 Å². The first kappa shape index (κ1) is 22.0. The first-order valence-electron chi connectivity index (χ1n) is 9.67. The second-order valence-corrected chi connectivity index (χ2v) is 6.82. The number of aliphatic imine (C=N–C) groups is 1. The highest BCUT2D eigenvalue weighted by Gasteiger charge is 2.21. The topological polar surface area (TPSA) is 48.9 Å². The second-order valence-electron chi connectivity index (χ2n) is 6.82. The van der Waals surface area contributed by atoms with Gasteiger partial charge >= 0.3 is 0 Å². The number of rotatable bonds is 11. The molecule has 24 heavy (non-hydrogen) atoms. The fourth-order valence-electron chi connectivity index (χ4n) is 3.06. The molecule has 1 aliphatic carbocycles. The minimum atomic E-state index is 0. The molecule has 0 amide bonds. The Hall–Kier alpha value is -0.0800. The SMILES string of the molecule is CCNC(=NCC(CC)N1CCCC1)NCCCOCC1CC1.I. The van der Waals surface area contributed by atoms with E-state index in [9.17, 15) is 0 Å². The Bertz CT molecular complexity index is 344. The Morgan fingerprint density at radius 1 is 1.21 bits per heavy atom. The molecule has 0 aromatic carbocycles. The minimum Gasteiger partial charge on any atom is -0.381 e. The van der Waals surface area contributed by atoms with Crippen LogP contribution in [0.1, 0.15) is 52.4 Å². The van der Waals surface area contributed by atoms with Gasteiger partial charge in [0.05, 0.1) is 6.54 Å². The van der Waals surface area contributed by atoms with Crippen molar-refractivity contribution in [3.63, 3.8) is 0 Å². The molecule has 5 nitrogen and oxygen atoms in total. The Labute approximate surface area is 165 Å². The fraction of sp³-hybridized carbons (Fsp3) is 0.944. The highest BCUT2D eigenvalue weighted by atomic mass is 127. The predicted molar refractivity (Wildman–Crippen MR) is 112 cm³/mol. The van der Waals surface area contributed by atoms with Gasteiger partial charge in [-0.1, -0.05) is 6.92 Å². The number of hydrogen-bond donors (Lipinski definition) is 2. The lowest BCUT2D eigenvalue weighted by molar-refractivity contribution is 0.123. The van der Waals surface area contributed by atoms with Gasteiger partial charge in [-0.3, -0.25) is 9.89 Å². The molecular weight excluding hydrogens is 415 g/mol. The van der Waals surface area contributed by atoms with E-state index in [1.165, 1.54) is 45.2 Å². The van der Waals surface area contributed by atoms with Crippen LogP contribution in [0.5, 0.6) is 0 Å². The van der Waals surface area contributed by atoms with E-state index in [-0.39, 0.29) is 24.0 Å². The molecule has 142 valence electrons. The standard InChI is InChI=1S/C18H36N4O.HI/c1-3-17(22-11-5-6-12-22)14-21-18(19-4-2)20-10-7-13-23-15-16-8-9-16;/h16-17H,3-15H2,1-2H3,(H2,19,20,21);1H. The molecular formula is C18H37IN4O. The number of nitrogens with zero attached hydrogens (tertiary/aromatic N) is 2. The van der Waals surface area contributed by atoms with Crippen LogP contribution in [0.25, 0.3) is 0 Å². The van der Waals surface area contributed by atoms with Gasteiger partial charge in [-0.2, -0.15) is 0 Å². The molecule has 2 rings (SSSR count). The van der Waals surface area contributed by atoms with E-state index in [0.717, 1.165) is 51.1 Å². The van der Waals surface area contributed by atoms with Gasteiger partial charge in [-0.15, -0.1) is 24.0 Å². The van der Waals surface area contributed by atoms with Gasteiger partial charge in [0.15, 0.2) is 5.96 Å². The molecule has 0 spiro atoms. The third kappa shape index (κ3) is 8.85. The molecule has 0 aromatic rings. The molecule has 1 heterocycles. The van der Waals surface area contributed by atoms with Gasteiger partial charge in [0, 0.05) is 32.3 Å². The molecule has 1 aliphatic heterocycles. The zero-order valence-electron chi connectivity index (χ0n) is 15.6. The zero-order valence-corrected chi connectivity index (χ0v) is 17.9. The van der Waals surface area contributed by atoms with Gasteiger partial charge in [0.25, 0.3) is 0 Å². The molecule has 6 heteroatoms. The molecule has 1 unspecified atom stereocenters. The molecule has 0 aromatic heterocycles. The van der Waals surface area contributed by atoms with E-state index in [1.807, 2.05) is 0 Å². The molecule has 1 saturated carbocycles. The normalized spacial score (nSPS) is 19.8. The number of likely N-dealkylation sites (tertiary alicyclic amines) is 1. The molecule has 1 atom stereocenters. The van der Waals surface area contributed by atoms with Crippen LogP contribution in [0, 0.1) is 5.92 Å². The summed E-state index contributed by atoms with van der Waals surface area (Å²) >= 11 is 0. The van der Waals surface area contributed by atoms with Crippen LogP contribution in [0.15, 0.2) is 4.99 Å². The monoisotopic (exact) mass is 452 g/mol. The van der Waals surface area contributed by atoms with Crippen molar-refractivity contribution in [2.75, 3.05) is 45.9 Å². The second kappa shape index (κ2) is 13.2. The lowest BCUT2D eigenvalue weighted by atomic mass is 10.2. The summed E-state index contributed by atoms with van der Waals surface area (Å²) in [6.45, 7) is 11.4. The summed E-state index contributed by atoms with van der Waals surface area (Å²) < 4.78 is 5.68. The quantitative estimate of drug-likeness (QED) is 0.219. The maximum atomic E-state index is 5.68. The van der Waals surface area contributed by atoms with Gasteiger partial charge in [0.1, 0.15) is 0 Å².